The molecule has 7 nitrogen and oxygen atoms in total. The minimum atomic E-state index is -0.0539. The first-order valence-corrected chi connectivity index (χ1v) is 7.83. The van der Waals surface area contributed by atoms with Gasteiger partial charge in [0.05, 0.1) is 32.2 Å². The van der Waals surface area contributed by atoms with E-state index in [4.69, 9.17) is 4.74 Å². The largest absolute Gasteiger partial charge is 0.495 e. The van der Waals surface area contributed by atoms with E-state index in [1.807, 2.05) is 12.1 Å². The number of aliphatic hydroxyl groups excluding tert-OH is 1. The van der Waals surface area contributed by atoms with Crippen LogP contribution in [0, 0.1) is 5.92 Å². The summed E-state index contributed by atoms with van der Waals surface area (Å²) in [4.78, 5) is 8.63. The number of rotatable bonds is 6. The zero-order valence-corrected chi connectivity index (χ0v) is 14.0. The van der Waals surface area contributed by atoms with Crippen molar-refractivity contribution in [2.45, 2.75) is 19.9 Å². The zero-order chi connectivity index (χ0) is 17.1. The second kappa shape index (κ2) is 6.84. The van der Waals surface area contributed by atoms with E-state index in [0.29, 0.717) is 5.75 Å². The van der Waals surface area contributed by atoms with Gasteiger partial charge >= 0.3 is 0 Å². The Hall–Kier alpha value is -2.67. The predicted molar refractivity (Wildman–Crippen MR) is 92.1 cm³/mol. The molecule has 24 heavy (non-hydrogen) atoms. The topological polar surface area (TPSA) is 84.6 Å². The minimum Gasteiger partial charge on any atom is -0.495 e. The van der Waals surface area contributed by atoms with Crippen molar-refractivity contribution in [2.75, 3.05) is 19.0 Å². The summed E-state index contributed by atoms with van der Waals surface area (Å²) < 4.78 is 6.97. The monoisotopic (exact) mass is 327 g/mol. The Kier molecular flexibility index (Phi) is 4.61. The normalized spacial score (nSPS) is 12.5. The quantitative estimate of drug-likeness (QED) is 0.722. The molecule has 0 saturated heterocycles. The third-order valence-electron chi connectivity index (χ3n) is 4.00. The number of aliphatic hydroxyl groups is 1. The maximum atomic E-state index is 9.54. The molecular formula is C17H21N5O2. The average molecular weight is 327 g/mol. The molecule has 3 aromatic heterocycles. The molecule has 0 radical (unpaired) electrons. The molecule has 0 fully saturated rings. The number of aromatic nitrogens is 4. The highest BCUT2D eigenvalue weighted by atomic mass is 16.5. The number of pyridine rings is 1. The zero-order valence-electron chi connectivity index (χ0n) is 14.0. The van der Waals surface area contributed by atoms with Crippen LogP contribution in [0.15, 0.2) is 36.9 Å². The van der Waals surface area contributed by atoms with Crippen LogP contribution in [0.4, 0.5) is 5.82 Å². The third kappa shape index (κ3) is 3.03. The van der Waals surface area contributed by atoms with Crippen LogP contribution in [0.2, 0.25) is 0 Å². The number of methoxy groups -OCH3 is 1. The van der Waals surface area contributed by atoms with Gasteiger partial charge < -0.3 is 15.2 Å². The molecule has 0 amide bonds. The fourth-order valence-corrected chi connectivity index (χ4v) is 2.50. The Morgan fingerprint density at radius 2 is 2.12 bits per heavy atom. The van der Waals surface area contributed by atoms with E-state index in [2.05, 4.69) is 34.2 Å². The van der Waals surface area contributed by atoms with Gasteiger partial charge in [-0.05, 0) is 18.1 Å². The lowest BCUT2D eigenvalue weighted by atomic mass is 10.1. The maximum Gasteiger partial charge on any atom is 0.165 e. The minimum absolute atomic E-state index is 0.0510. The van der Waals surface area contributed by atoms with Gasteiger partial charge in [0, 0.05) is 23.5 Å². The lowest BCUT2D eigenvalue weighted by Crippen LogP contribution is -2.30. The summed E-state index contributed by atoms with van der Waals surface area (Å²) in [6.07, 6.45) is 6.90. The van der Waals surface area contributed by atoms with Gasteiger partial charge in [0.1, 0.15) is 11.6 Å². The fourth-order valence-electron chi connectivity index (χ4n) is 2.50. The summed E-state index contributed by atoms with van der Waals surface area (Å²) in [5.74, 6) is 1.76. The Morgan fingerprint density at radius 1 is 1.29 bits per heavy atom. The molecule has 3 heterocycles. The summed E-state index contributed by atoms with van der Waals surface area (Å²) in [6, 6.07) is 3.69. The van der Waals surface area contributed by atoms with E-state index in [1.54, 1.807) is 36.4 Å². The fraction of sp³-hybridized carbons (Fsp3) is 0.353. The van der Waals surface area contributed by atoms with Gasteiger partial charge in [-0.1, -0.05) is 13.8 Å². The van der Waals surface area contributed by atoms with Gasteiger partial charge in [0.15, 0.2) is 5.65 Å². The number of anilines is 1. The van der Waals surface area contributed by atoms with Crippen molar-refractivity contribution in [2.24, 2.45) is 5.92 Å². The van der Waals surface area contributed by atoms with Gasteiger partial charge in [0.2, 0.25) is 0 Å². The maximum absolute atomic E-state index is 9.54. The van der Waals surface area contributed by atoms with Gasteiger partial charge in [-0.2, -0.15) is 9.61 Å². The molecule has 2 N–H and O–H groups in total. The van der Waals surface area contributed by atoms with Crippen molar-refractivity contribution >= 4 is 11.5 Å². The van der Waals surface area contributed by atoms with Crippen molar-refractivity contribution in [3.05, 3.63) is 36.9 Å². The van der Waals surface area contributed by atoms with Crippen LogP contribution in [-0.4, -0.2) is 44.4 Å². The van der Waals surface area contributed by atoms with Crippen LogP contribution in [-0.2, 0) is 0 Å². The molecule has 1 atom stereocenters. The number of hydrogen-bond donors (Lipinski definition) is 2. The number of hydrogen-bond acceptors (Lipinski definition) is 6. The first-order chi connectivity index (χ1) is 11.6. The lowest BCUT2D eigenvalue weighted by molar-refractivity contribution is 0.249. The summed E-state index contributed by atoms with van der Waals surface area (Å²) >= 11 is 0. The molecule has 3 rings (SSSR count). The number of nitrogens with one attached hydrogen (secondary N) is 1. The molecule has 0 aliphatic heterocycles. The smallest absolute Gasteiger partial charge is 0.165 e. The second-order valence-electron chi connectivity index (χ2n) is 5.91. The summed E-state index contributed by atoms with van der Waals surface area (Å²) in [5.41, 5.74) is 2.47. The number of fused-ring (bicyclic) bond motifs is 1. The first kappa shape index (κ1) is 16.2. The van der Waals surface area contributed by atoms with Crippen LogP contribution < -0.4 is 10.1 Å². The van der Waals surface area contributed by atoms with Crippen LogP contribution in [0.25, 0.3) is 16.8 Å². The molecule has 7 heteroatoms. The second-order valence-corrected chi connectivity index (χ2v) is 5.91. The molecular weight excluding hydrogens is 306 g/mol. The molecule has 0 aliphatic carbocycles. The highest BCUT2D eigenvalue weighted by Crippen LogP contribution is 2.27. The molecule has 0 saturated carbocycles. The summed E-state index contributed by atoms with van der Waals surface area (Å²) in [7, 11) is 1.61. The lowest BCUT2D eigenvalue weighted by Gasteiger charge is -2.21. The Balaban J connectivity index is 2.03. The van der Waals surface area contributed by atoms with Crippen molar-refractivity contribution in [3.63, 3.8) is 0 Å². The third-order valence-corrected chi connectivity index (χ3v) is 4.00. The standard InChI is InChI=1S/C17H21N5O2/c1-11(2)15(10-23)21-16-4-5-19-17-14(9-20-22(16)17)12-6-13(24-3)8-18-7-12/h4-9,11,15,21,23H,10H2,1-3H3/t15-/m1/s1. The highest BCUT2D eigenvalue weighted by Gasteiger charge is 2.16. The molecule has 0 aliphatic rings. The van der Waals surface area contributed by atoms with Gasteiger partial charge in [-0.15, -0.1) is 0 Å². The molecule has 0 aromatic carbocycles. The van der Waals surface area contributed by atoms with Gasteiger partial charge in [-0.3, -0.25) is 4.98 Å². The van der Waals surface area contributed by atoms with E-state index in [-0.39, 0.29) is 18.6 Å². The molecule has 3 aromatic rings. The van der Waals surface area contributed by atoms with Gasteiger partial charge in [0.25, 0.3) is 0 Å². The van der Waals surface area contributed by atoms with Crippen LogP contribution in [0.5, 0.6) is 5.75 Å². The van der Waals surface area contributed by atoms with E-state index < -0.39 is 0 Å². The van der Waals surface area contributed by atoms with Crippen LogP contribution in [0.1, 0.15) is 13.8 Å². The molecule has 126 valence electrons. The van der Waals surface area contributed by atoms with Crippen molar-refractivity contribution in [3.8, 4) is 16.9 Å². The van der Waals surface area contributed by atoms with Crippen molar-refractivity contribution in [1.82, 2.24) is 19.6 Å². The summed E-state index contributed by atoms with van der Waals surface area (Å²) in [6.45, 7) is 4.17. The molecule has 0 bridgehead atoms. The Morgan fingerprint density at radius 3 is 2.83 bits per heavy atom. The molecule has 0 unspecified atom stereocenters. The average Bonchev–Trinajstić information content (AvgIpc) is 3.04. The van der Waals surface area contributed by atoms with E-state index in [9.17, 15) is 5.11 Å². The highest BCUT2D eigenvalue weighted by molar-refractivity contribution is 5.78. The summed E-state index contributed by atoms with van der Waals surface area (Å²) in [5, 5.41) is 17.3. The Labute approximate surface area is 140 Å². The van der Waals surface area contributed by atoms with Gasteiger partial charge in [-0.25, -0.2) is 4.98 Å². The SMILES string of the molecule is COc1cncc(-c2cnn3c(N[C@H](CO)C(C)C)ccnc23)c1. The molecule has 0 spiro atoms. The van der Waals surface area contributed by atoms with Crippen molar-refractivity contribution in [1.29, 1.82) is 0 Å². The van der Waals surface area contributed by atoms with E-state index >= 15 is 0 Å². The number of nitrogens with zero attached hydrogens (tertiary/aromatic N) is 4. The van der Waals surface area contributed by atoms with Crippen molar-refractivity contribution < 1.29 is 9.84 Å². The number of ether oxygens (including phenoxy) is 1. The predicted octanol–water partition coefficient (Wildman–Crippen LogP) is 2.23. The van der Waals surface area contributed by atoms with Crippen LogP contribution >= 0.6 is 0 Å². The first-order valence-electron chi connectivity index (χ1n) is 7.83. The van der Waals surface area contributed by atoms with Crippen LogP contribution in [0.3, 0.4) is 0 Å². The van der Waals surface area contributed by atoms with E-state index in [1.165, 1.54) is 0 Å². The van der Waals surface area contributed by atoms with E-state index in [0.717, 1.165) is 22.6 Å². The Bertz CT molecular complexity index is 831.